The van der Waals surface area contributed by atoms with Crippen LogP contribution in [0.5, 0.6) is 11.5 Å². The first-order valence-electron chi connectivity index (χ1n) is 12.7. The number of ether oxygens (including phenoxy) is 3. The second-order valence-electron chi connectivity index (χ2n) is 10.1. The quantitative estimate of drug-likeness (QED) is 0.299. The van der Waals surface area contributed by atoms with E-state index >= 15 is 0 Å². The van der Waals surface area contributed by atoms with Crippen molar-refractivity contribution in [3.05, 3.63) is 53.6 Å². The molecule has 2 unspecified atom stereocenters. The fraction of sp³-hybridized carbons (Fsp3) is 0.355. The first kappa shape index (κ1) is 32.8. The van der Waals surface area contributed by atoms with Gasteiger partial charge in [-0.3, -0.25) is 19.3 Å². The van der Waals surface area contributed by atoms with Gasteiger partial charge in [0.1, 0.15) is 0 Å². The molecule has 10 heteroatoms. The molecule has 9 nitrogen and oxygen atoms in total. The van der Waals surface area contributed by atoms with E-state index < -0.39 is 45.9 Å². The van der Waals surface area contributed by atoms with Gasteiger partial charge in [-0.05, 0) is 56.6 Å². The summed E-state index contributed by atoms with van der Waals surface area (Å²) in [6.07, 6.45) is 16.5. The predicted octanol–water partition coefficient (Wildman–Crippen LogP) is 3.97. The highest BCUT2D eigenvalue weighted by atomic mass is 32.3. The molecule has 2 atom stereocenters. The van der Waals surface area contributed by atoms with E-state index in [1.807, 2.05) is 11.8 Å². The Kier molecular flexibility index (Phi) is 11.9. The van der Waals surface area contributed by atoms with E-state index in [1.54, 1.807) is 44.2 Å². The Morgan fingerprint density at radius 2 is 1.66 bits per heavy atom. The van der Waals surface area contributed by atoms with Crippen LogP contribution < -0.4 is 14.8 Å². The monoisotopic (exact) mass is 580 g/mol. The molecule has 2 rings (SSSR count). The zero-order valence-electron chi connectivity index (χ0n) is 24.2. The maximum absolute atomic E-state index is 13.1. The van der Waals surface area contributed by atoms with Crippen molar-refractivity contribution >= 4 is 39.4 Å². The van der Waals surface area contributed by atoms with Gasteiger partial charge in [0.15, 0.2) is 11.5 Å². The molecule has 1 N–H and O–H groups in total. The molecular weight excluding hydrogens is 544 g/mol. The number of esters is 1. The van der Waals surface area contributed by atoms with E-state index in [2.05, 4.69) is 24.1 Å². The first-order valence-corrected chi connectivity index (χ1v) is 15.7. The van der Waals surface area contributed by atoms with Crippen molar-refractivity contribution in [1.29, 1.82) is 0 Å². The molecule has 0 aromatic heterocycles. The third-order valence-electron chi connectivity index (χ3n) is 5.86. The van der Waals surface area contributed by atoms with Crippen molar-refractivity contribution < 1.29 is 33.4 Å². The summed E-state index contributed by atoms with van der Waals surface area (Å²) >= 11 is 0. The average molecular weight is 581 g/mol. The molecule has 218 valence electrons. The highest BCUT2D eigenvalue weighted by Gasteiger charge is 2.29. The van der Waals surface area contributed by atoms with Gasteiger partial charge in [0.2, 0.25) is 0 Å². The molecule has 0 bridgehead atoms. The lowest BCUT2D eigenvalue weighted by atomic mass is 10.1. The summed E-state index contributed by atoms with van der Waals surface area (Å²) in [6, 6.07) is 10.5. The maximum Gasteiger partial charge on any atom is 0.340 e. The number of benzene rings is 2. The normalized spacial score (nSPS) is 12.5. The number of carbonyl (C=O) groups is 4. The second kappa shape index (κ2) is 14.8. The van der Waals surface area contributed by atoms with Crippen molar-refractivity contribution in [3.63, 3.8) is 0 Å². The van der Waals surface area contributed by atoms with E-state index in [1.165, 1.54) is 19.2 Å². The number of nitrogens with zero attached hydrogens (tertiary/aromatic N) is 1. The average Bonchev–Trinajstić information content (AvgIpc) is 2.92. The van der Waals surface area contributed by atoms with Crippen LogP contribution in [0, 0.1) is 24.7 Å². The van der Waals surface area contributed by atoms with Crippen molar-refractivity contribution in [3.8, 4) is 36.2 Å². The minimum atomic E-state index is -0.903. The molecule has 0 radical (unpaired) electrons. The van der Waals surface area contributed by atoms with Gasteiger partial charge in [0.25, 0.3) is 11.8 Å². The Morgan fingerprint density at radius 1 is 1.00 bits per heavy atom. The van der Waals surface area contributed by atoms with Crippen LogP contribution in [0.25, 0.3) is 0 Å². The Morgan fingerprint density at radius 3 is 2.22 bits per heavy atom. The standard InChI is InChI=1S/C31H36N2O7S/c1-9-28(34)32-25-20-26(38-5)27(19-24(25)31(37)39-16-17-41(6,7)8)40-22(4)18-21(3)33(29(35)10-2)30(36)23-14-12-11-13-15-23/h1-2,11-15,19-22H,16-18H2,3-8H3,(H,32,34). The van der Waals surface area contributed by atoms with Crippen LogP contribution >= 0.6 is 10.0 Å². The Balaban J connectivity index is 2.34. The van der Waals surface area contributed by atoms with Crippen LogP contribution in [0.2, 0.25) is 0 Å². The lowest BCUT2D eigenvalue weighted by Crippen LogP contribution is -2.44. The Labute approximate surface area is 243 Å². The smallest absolute Gasteiger partial charge is 0.340 e. The minimum Gasteiger partial charge on any atom is -0.493 e. The van der Waals surface area contributed by atoms with Crippen LogP contribution in [-0.4, -0.2) is 79.0 Å². The van der Waals surface area contributed by atoms with Gasteiger partial charge in [-0.2, -0.15) is 0 Å². The molecule has 41 heavy (non-hydrogen) atoms. The highest BCUT2D eigenvalue weighted by molar-refractivity contribution is 8.32. The largest absolute Gasteiger partial charge is 0.493 e. The molecule has 0 aliphatic heterocycles. The van der Waals surface area contributed by atoms with Crippen molar-refractivity contribution in [2.24, 2.45) is 0 Å². The molecule has 0 spiro atoms. The van der Waals surface area contributed by atoms with E-state index in [4.69, 9.17) is 27.1 Å². The molecule has 2 aromatic carbocycles. The van der Waals surface area contributed by atoms with Crippen LogP contribution in [0.4, 0.5) is 5.69 Å². The summed E-state index contributed by atoms with van der Waals surface area (Å²) < 4.78 is 17.0. The van der Waals surface area contributed by atoms with E-state index in [0.717, 1.165) is 4.90 Å². The number of rotatable bonds is 12. The fourth-order valence-electron chi connectivity index (χ4n) is 3.84. The summed E-state index contributed by atoms with van der Waals surface area (Å²) in [5.41, 5.74) is 0.446. The number of amides is 3. The van der Waals surface area contributed by atoms with E-state index in [0.29, 0.717) is 11.3 Å². The van der Waals surface area contributed by atoms with Crippen LogP contribution in [0.3, 0.4) is 0 Å². The fourth-order valence-corrected chi connectivity index (χ4v) is 4.42. The number of imide groups is 1. The zero-order chi connectivity index (χ0) is 30.7. The van der Waals surface area contributed by atoms with Crippen molar-refractivity contribution in [2.75, 3.05) is 43.6 Å². The molecule has 0 fully saturated rings. The number of anilines is 1. The topological polar surface area (TPSA) is 111 Å². The van der Waals surface area contributed by atoms with Crippen molar-refractivity contribution in [1.82, 2.24) is 4.90 Å². The second-order valence-corrected chi connectivity index (χ2v) is 14.7. The van der Waals surface area contributed by atoms with Gasteiger partial charge in [0, 0.05) is 35.9 Å². The van der Waals surface area contributed by atoms with Gasteiger partial charge in [-0.1, -0.05) is 18.2 Å². The molecule has 0 aliphatic carbocycles. The van der Waals surface area contributed by atoms with Gasteiger partial charge < -0.3 is 19.5 Å². The van der Waals surface area contributed by atoms with Gasteiger partial charge >= 0.3 is 11.9 Å². The summed E-state index contributed by atoms with van der Waals surface area (Å²) in [5.74, 6) is 2.34. The summed E-state index contributed by atoms with van der Waals surface area (Å²) in [6.45, 7) is 3.62. The summed E-state index contributed by atoms with van der Waals surface area (Å²) in [4.78, 5) is 51.6. The van der Waals surface area contributed by atoms with E-state index in [9.17, 15) is 19.2 Å². The Bertz CT molecular complexity index is 1350. The van der Waals surface area contributed by atoms with Gasteiger partial charge in [-0.25, -0.2) is 14.8 Å². The molecule has 2 aromatic rings. The van der Waals surface area contributed by atoms with Crippen LogP contribution in [0.15, 0.2) is 42.5 Å². The molecular formula is C31H36N2O7S. The number of methoxy groups -OCH3 is 1. The molecule has 0 heterocycles. The number of terminal acetylenes is 2. The Hall–Kier alpha value is -4.41. The summed E-state index contributed by atoms with van der Waals surface area (Å²) in [5, 5.41) is 2.49. The SMILES string of the molecule is C#CC(=O)Nc1cc(OC)c(OC(C)CC(C)N(C(=O)C#C)C(=O)c2ccccc2)cc1C(=O)OCCS(C)(C)C. The maximum atomic E-state index is 13.1. The highest BCUT2D eigenvalue weighted by Crippen LogP contribution is 2.36. The first-order chi connectivity index (χ1) is 19.3. The van der Waals surface area contributed by atoms with Crippen LogP contribution in [-0.2, 0) is 14.3 Å². The predicted molar refractivity (Wildman–Crippen MR) is 162 cm³/mol. The number of carbonyl (C=O) groups excluding carboxylic acids is 4. The van der Waals surface area contributed by atoms with Gasteiger partial charge in [0.05, 0.1) is 31.1 Å². The number of nitrogens with one attached hydrogen (secondary N) is 1. The lowest BCUT2D eigenvalue weighted by Gasteiger charge is -2.28. The number of hydrogen-bond acceptors (Lipinski definition) is 7. The summed E-state index contributed by atoms with van der Waals surface area (Å²) in [7, 11) is 0.498. The molecule has 3 amide bonds. The van der Waals surface area contributed by atoms with Gasteiger partial charge in [-0.15, -0.1) is 12.8 Å². The zero-order valence-corrected chi connectivity index (χ0v) is 25.0. The minimum absolute atomic E-state index is 0.0250. The van der Waals surface area contributed by atoms with Crippen LogP contribution in [0.1, 0.15) is 41.0 Å². The van der Waals surface area contributed by atoms with E-state index in [-0.39, 0.29) is 35.8 Å². The molecule has 0 saturated carbocycles. The third-order valence-corrected chi connectivity index (χ3v) is 7.25. The third kappa shape index (κ3) is 9.63. The lowest BCUT2D eigenvalue weighted by molar-refractivity contribution is -0.124. The number of hydrogen-bond donors (Lipinski definition) is 1. The molecule has 0 saturated heterocycles. The van der Waals surface area contributed by atoms with Crippen molar-refractivity contribution in [2.45, 2.75) is 32.4 Å². The molecule has 0 aliphatic rings.